The second-order valence-electron chi connectivity index (χ2n) is 4.73. The number of benzene rings is 1. The minimum atomic E-state index is 0.881. The van der Waals surface area contributed by atoms with Crippen molar-refractivity contribution in [2.75, 3.05) is 0 Å². The van der Waals surface area contributed by atoms with E-state index >= 15 is 0 Å². The molecule has 2 aromatic heterocycles. The number of rotatable bonds is 1. The van der Waals surface area contributed by atoms with E-state index < -0.39 is 0 Å². The molecule has 0 saturated carbocycles. The van der Waals surface area contributed by atoms with Crippen LogP contribution in [0.1, 0.15) is 16.7 Å². The highest BCUT2D eigenvalue weighted by molar-refractivity contribution is 5.67. The van der Waals surface area contributed by atoms with Crippen molar-refractivity contribution in [3.8, 4) is 11.4 Å². The highest BCUT2D eigenvalue weighted by Gasteiger charge is 2.12. The molecular weight excluding hydrogens is 222 g/mol. The second kappa shape index (κ2) is 3.95. The molecular formula is C15H15N3. The Morgan fingerprint density at radius 1 is 0.944 bits per heavy atom. The van der Waals surface area contributed by atoms with Crippen LogP contribution in [-0.2, 0) is 0 Å². The van der Waals surface area contributed by atoms with Crippen molar-refractivity contribution in [2.45, 2.75) is 20.8 Å². The fraction of sp³-hybridized carbons (Fsp3) is 0.200. The molecule has 2 heterocycles. The van der Waals surface area contributed by atoms with E-state index in [-0.39, 0.29) is 0 Å². The Morgan fingerprint density at radius 2 is 1.67 bits per heavy atom. The van der Waals surface area contributed by atoms with Crippen molar-refractivity contribution in [1.29, 1.82) is 0 Å². The van der Waals surface area contributed by atoms with E-state index in [2.05, 4.69) is 43.1 Å². The smallest absolute Gasteiger partial charge is 0.168 e. The average Bonchev–Trinajstić information content (AvgIpc) is 2.72. The van der Waals surface area contributed by atoms with Crippen molar-refractivity contribution in [2.24, 2.45) is 0 Å². The Kier molecular flexibility index (Phi) is 2.40. The van der Waals surface area contributed by atoms with Gasteiger partial charge in [0, 0.05) is 11.8 Å². The topological polar surface area (TPSA) is 30.2 Å². The van der Waals surface area contributed by atoms with E-state index in [1.54, 1.807) is 0 Å². The molecule has 0 spiro atoms. The Balaban J connectivity index is 2.33. The molecule has 3 heteroatoms. The molecule has 3 aromatic rings. The first kappa shape index (κ1) is 11.0. The summed E-state index contributed by atoms with van der Waals surface area (Å²) in [6.07, 6.45) is 2.00. The summed E-state index contributed by atoms with van der Waals surface area (Å²) < 4.78 is 2.03. The predicted molar refractivity (Wildman–Crippen MR) is 72.6 cm³/mol. The number of aromatic nitrogens is 3. The summed E-state index contributed by atoms with van der Waals surface area (Å²) in [6, 6.07) is 10.3. The standard InChI is InChI=1S/C15H15N3/c1-10-8-11(2)14(12(3)9-10)15-17-16-13-6-4-5-7-18(13)15/h4-9H,1-3H3. The molecule has 0 fully saturated rings. The lowest BCUT2D eigenvalue weighted by Gasteiger charge is -2.09. The van der Waals surface area contributed by atoms with E-state index in [9.17, 15) is 0 Å². The Hall–Kier alpha value is -2.16. The Labute approximate surface area is 106 Å². The minimum absolute atomic E-state index is 0.881. The lowest BCUT2D eigenvalue weighted by Crippen LogP contribution is -1.95. The van der Waals surface area contributed by atoms with Gasteiger partial charge in [-0.15, -0.1) is 10.2 Å². The molecule has 0 saturated heterocycles. The summed E-state index contributed by atoms with van der Waals surface area (Å²) in [7, 11) is 0. The van der Waals surface area contributed by atoms with Gasteiger partial charge in [0.2, 0.25) is 0 Å². The Morgan fingerprint density at radius 3 is 2.39 bits per heavy atom. The summed E-state index contributed by atoms with van der Waals surface area (Å²) in [6.45, 7) is 6.37. The number of aryl methyl sites for hydroxylation is 3. The maximum Gasteiger partial charge on any atom is 0.168 e. The zero-order chi connectivity index (χ0) is 12.7. The zero-order valence-electron chi connectivity index (χ0n) is 10.8. The van der Waals surface area contributed by atoms with Crippen molar-refractivity contribution in [3.63, 3.8) is 0 Å². The summed E-state index contributed by atoms with van der Waals surface area (Å²) in [5, 5.41) is 8.54. The summed E-state index contributed by atoms with van der Waals surface area (Å²) in [5.41, 5.74) is 5.82. The van der Waals surface area contributed by atoms with Crippen LogP contribution >= 0.6 is 0 Å². The summed E-state index contributed by atoms with van der Waals surface area (Å²) in [4.78, 5) is 0. The van der Waals surface area contributed by atoms with Crippen molar-refractivity contribution < 1.29 is 0 Å². The number of nitrogens with zero attached hydrogens (tertiary/aromatic N) is 3. The lowest BCUT2D eigenvalue weighted by molar-refractivity contribution is 1.10. The molecule has 3 nitrogen and oxygen atoms in total. The van der Waals surface area contributed by atoms with Gasteiger partial charge in [-0.25, -0.2) is 0 Å². The molecule has 90 valence electrons. The molecule has 0 atom stereocenters. The molecule has 0 bridgehead atoms. The Bertz CT molecular complexity index is 702. The van der Waals surface area contributed by atoms with Crippen LogP contribution in [0.15, 0.2) is 36.5 Å². The van der Waals surface area contributed by atoms with E-state index in [1.807, 2.05) is 28.8 Å². The van der Waals surface area contributed by atoms with Gasteiger partial charge in [-0.05, 0) is 44.0 Å². The molecule has 0 aliphatic heterocycles. The molecule has 0 amide bonds. The van der Waals surface area contributed by atoms with Crippen LogP contribution in [0.3, 0.4) is 0 Å². The fourth-order valence-corrected chi connectivity index (χ4v) is 2.54. The van der Waals surface area contributed by atoms with Gasteiger partial charge in [0.15, 0.2) is 11.5 Å². The van der Waals surface area contributed by atoms with E-state index in [0.717, 1.165) is 11.5 Å². The minimum Gasteiger partial charge on any atom is -0.282 e. The average molecular weight is 237 g/mol. The van der Waals surface area contributed by atoms with E-state index in [0.29, 0.717) is 0 Å². The third-order valence-electron chi connectivity index (χ3n) is 3.21. The van der Waals surface area contributed by atoms with Crippen LogP contribution in [0.4, 0.5) is 0 Å². The first-order valence-electron chi connectivity index (χ1n) is 6.05. The zero-order valence-corrected chi connectivity index (χ0v) is 10.8. The third-order valence-corrected chi connectivity index (χ3v) is 3.21. The summed E-state index contributed by atoms with van der Waals surface area (Å²) >= 11 is 0. The van der Waals surface area contributed by atoms with Gasteiger partial charge in [0.25, 0.3) is 0 Å². The molecule has 0 radical (unpaired) electrons. The third kappa shape index (κ3) is 1.59. The summed E-state index contributed by atoms with van der Waals surface area (Å²) in [5.74, 6) is 0.917. The maximum absolute atomic E-state index is 4.33. The second-order valence-corrected chi connectivity index (χ2v) is 4.73. The van der Waals surface area contributed by atoms with Gasteiger partial charge in [0.1, 0.15) is 0 Å². The van der Waals surface area contributed by atoms with E-state index in [1.165, 1.54) is 22.3 Å². The molecule has 0 unspecified atom stereocenters. The van der Waals surface area contributed by atoms with Crippen molar-refractivity contribution in [3.05, 3.63) is 53.2 Å². The number of fused-ring (bicyclic) bond motifs is 1. The molecule has 1 aromatic carbocycles. The van der Waals surface area contributed by atoms with Gasteiger partial charge in [-0.2, -0.15) is 0 Å². The number of hydrogen-bond donors (Lipinski definition) is 0. The monoisotopic (exact) mass is 237 g/mol. The largest absolute Gasteiger partial charge is 0.282 e. The quantitative estimate of drug-likeness (QED) is 0.650. The van der Waals surface area contributed by atoms with Crippen molar-refractivity contribution in [1.82, 2.24) is 14.6 Å². The highest BCUT2D eigenvalue weighted by Crippen LogP contribution is 2.27. The number of pyridine rings is 1. The first-order chi connectivity index (χ1) is 8.66. The van der Waals surface area contributed by atoms with Crippen LogP contribution in [0.2, 0.25) is 0 Å². The molecule has 3 rings (SSSR count). The SMILES string of the molecule is Cc1cc(C)c(-c2nnc3ccccn23)c(C)c1. The van der Waals surface area contributed by atoms with E-state index in [4.69, 9.17) is 0 Å². The molecule has 18 heavy (non-hydrogen) atoms. The predicted octanol–water partition coefficient (Wildman–Crippen LogP) is 3.32. The highest BCUT2D eigenvalue weighted by atomic mass is 15.2. The van der Waals surface area contributed by atoms with Crippen LogP contribution < -0.4 is 0 Å². The van der Waals surface area contributed by atoms with Gasteiger partial charge in [-0.3, -0.25) is 4.40 Å². The van der Waals surface area contributed by atoms with Crippen molar-refractivity contribution >= 4 is 5.65 Å². The van der Waals surface area contributed by atoms with Crippen LogP contribution in [0.25, 0.3) is 17.0 Å². The van der Waals surface area contributed by atoms with Gasteiger partial charge < -0.3 is 0 Å². The first-order valence-corrected chi connectivity index (χ1v) is 6.05. The van der Waals surface area contributed by atoms with Crippen LogP contribution in [0.5, 0.6) is 0 Å². The van der Waals surface area contributed by atoms with Crippen LogP contribution in [-0.4, -0.2) is 14.6 Å². The van der Waals surface area contributed by atoms with Gasteiger partial charge >= 0.3 is 0 Å². The van der Waals surface area contributed by atoms with Gasteiger partial charge in [0.05, 0.1) is 0 Å². The van der Waals surface area contributed by atoms with Crippen LogP contribution in [0, 0.1) is 20.8 Å². The van der Waals surface area contributed by atoms with Gasteiger partial charge in [-0.1, -0.05) is 23.8 Å². The molecule has 0 N–H and O–H groups in total. The fourth-order valence-electron chi connectivity index (χ4n) is 2.54. The molecule has 0 aliphatic carbocycles. The lowest BCUT2D eigenvalue weighted by atomic mass is 9.99. The molecule has 0 aliphatic rings. The maximum atomic E-state index is 4.33. The number of hydrogen-bond acceptors (Lipinski definition) is 2. The normalized spacial score (nSPS) is 11.1.